The Balaban J connectivity index is 2.44. The Bertz CT molecular complexity index is 317. The summed E-state index contributed by atoms with van der Waals surface area (Å²) in [5, 5.41) is 0. The van der Waals surface area contributed by atoms with Crippen LogP contribution in [0.25, 0.3) is 0 Å². The van der Waals surface area contributed by atoms with Crippen molar-refractivity contribution < 1.29 is 7.13 Å². The molecule has 2 fully saturated rings. The van der Waals surface area contributed by atoms with Gasteiger partial charge in [0.05, 0.1) is 0 Å². The molecule has 0 radical (unpaired) electrons. The van der Waals surface area contributed by atoms with Crippen molar-refractivity contribution in [3.8, 4) is 0 Å². The third kappa shape index (κ3) is 1.61. The molecule has 0 spiro atoms. The van der Waals surface area contributed by atoms with Crippen LogP contribution in [0.2, 0.25) is 0 Å². The van der Waals surface area contributed by atoms with E-state index in [1.54, 1.807) is 0 Å². The first-order chi connectivity index (χ1) is 7.66. The van der Waals surface area contributed by atoms with Crippen molar-refractivity contribution in [2.45, 2.75) is 70.6 Å². The lowest BCUT2D eigenvalue weighted by Crippen LogP contribution is -2.49. The van der Waals surface area contributed by atoms with Crippen LogP contribution in [0.5, 0.6) is 0 Å². The maximum Gasteiger partial charge on any atom is 0.120 e. The minimum Gasteiger partial charge on any atom is -0.290 e. The van der Waals surface area contributed by atoms with Crippen LogP contribution in [0.1, 0.15) is 56.1 Å². The van der Waals surface area contributed by atoms with Crippen molar-refractivity contribution in [1.29, 1.82) is 0 Å². The summed E-state index contributed by atoms with van der Waals surface area (Å²) in [7, 11) is 0. The second-order valence-electron chi connectivity index (χ2n) is 5.91. The standard InChI is InChI=1S/C13H24FN/c1-10(2)8-13-6-5-7-15(13)12(3,4)11(14)9-13/h10-11H,5-9H2,1-4H3/t11-,13-/m1/s1/i8D2. The van der Waals surface area contributed by atoms with E-state index < -0.39 is 23.6 Å². The molecule has 0 aromatic heterocycles. The van der Waals surface area contributed by atoms with E-state index in [0.29, 0.717) is 6.42 Å². The quantitative estimate of drug-likeness (QED) is 0.682. The van der Waals surface area contributed by atoms with Crippen LogP contribution in [0.4, 0.5) is 4.39 Å². The molecule has 2 rings (SSSR count). The van der Waals surface area contributed by atoms with Crippen molar-refractivity contribution in [3.63, 3.8) is 0 Å². The molecule has 0 N–H and O–H groups in total. The van der Waals surface area contributed by atoms with E-state index in [1.165, 1.54) is 0 Å². The Morgan fingerprint density at radius 1 is 1.53 bits per heavy atom. The zero-order valence-corrected chi connectivity index (χ0v) is 10.3. The molecule has 2 aliphatic rings. The van der Waals surface area contributed by atoms with Crippen LogP contribution < -0.4 is 0 Å². The Hall–Kier alpha value is -0.110. The fraction of sp³-hybridized carbons (Fsp3) is 1.00. The van der Waals surface area contributed by atoms with Gasteiger partial charge in [0.2, 0.25) is 0 Å². The van der Waals surface area contributed by atoms with Gasteiger partial charge in [0.1, 0.15) is 6.17 Å². The van der Waals surface area contributed by atoms with E-state index in [0.717, 1.165) is 19.4 Å². The smallest absolute Gasteiger partial charge is 0.120 e. The average Bonchev–Trinajstić information content (AvgIpc) is 2.69. The van der Waals surface area contributed by atoms with Gasteiger partial charge in [-0.3, -0.25) is 4.90 Å². The molecule has 0 saturated carbocycles. The van der Waals surface area contributed by atoms with Crippen LogP contribution in [-0.2, 0) is 0 Å². The first-order valence-corrected chi connectivity index (χ1v) is 6.08. The summed E-state index contributed by atoms with van der Waals surface area (Å²) in [6.07, 6.45) is -0.103. The zero-order chi connectivity index (χ0) is 13.1. The monoisotopic (exact) mass is 215 g/mol. The molecule has 0 amide bonds. The lowest BCUT2D eigenvalue weighted by Gasteiger charge is -2.39. The normalized spacial score (nSPS) is 42.9. The fourth-order valence-corrected chi connectivity index (χ4v) is 3.39. The van der Waals surface area contributed by atoms with Crippen LogP contribution in [0, 0.1) is 5.92 Å². The number of alkyl halides is 1. The van der Waals surface area contributed by atoms with Gasteiger partial charge in [0, 0.05) is 13.8 Å². The molecule has 0 unspecified atom stereocenters. The first-order valence-electron chi connectivity index (χ1n) is 7.08. The summed E-state index contributed by atoms with van der Waals surface area (Å²) in [6, 6.07) is 0. The van der Waals surface area contributed by atoms with E-state index in [9.17, 15) is 4.39 Å². The predicted molar refractivity (Wildman–Crippen MR) is 61.7 cm³/mol. The fourth-order valence-electron chi connectivity index (χ4n) is 3.39. The van der Waals surface area contributed by atoms with Crippen LogP contribution >= 0.6 is 0 Å². The zero-order valence-electron chi connectivity index (χ0n) is 12.3. The van der Waals surface area contributed by atoms with Gasteiger partial charge in [0.25, 0.3) is 0 Å². The molecule has 0 aromatic rings. The number of nitrogens with zero attached hydrogens (tertiary/aromatic N) is 1. The van der Waals surface area contributed by atoms with Gasteiger partial charge in [-0.1, -0.05) is 13.8 Å². The summed E-state index contributed by atoms with van der Waals surface area (Å²) in [6.45, 7) is 8.48. The highest BCUT2D eigenvalue weighted by atomic mass is 19.1. The predicted octanol–water partition coefficient (Wildman–Crippen LogP) is 3.39. The van der Waals surface area contributed by atoms with Crippen LogP contribution in [0.3, 0.4) is 0 Å². The molecule has 0 bridgehead atoms. The Kier molecular flexibility index (Phi) is 2.06. The molecule has 15 heavy (non-hydrogen) atoms. The number of hydrogen-bond acceptors (Lipinski definition) is 1. The number of halogens is 1. The summed E-state index contributed by atoms with van der Waals surface area (Å²) in [5.74, 6) is -0.0794. The second kappa shape index (κ2) is 3.44. The van der Waals surface area contributed by atoms with Gasteiger partial charge in [-0.25, -0.2) is 4.39 Å². The number of fused-ring (bicyclic) bond motifs is 1. The van der Waals surface area contributed by atoms with Gasteiger partial charge in [-0.2, -0.15) is 0 Å². The number of rotatable bonds is 2. The Morgan fingerprint density at radius 3 is 2.80 bits per heavy atom. The molecule has 0 aliphatic carbocycles. The minimum atomic E-state index is -1.32. The molecular weight excluding hydrogens is 189 g/mol. The van der Waals surface area contributed by atoms with Crippen molar-refractivity contribution in [2.24, 2.45) is 5.92 Å². The molecule has 2 heteroatoms. The highest BCUT2D eigenvalue weighted by Crippen LogP contribution is 2.51. The second-order valence-corrected chi connectivity index (χ2v) is 5.91. The molecule has 2 aliphatic heterocycles. The summed E-state index contributed by atoms with van der Waals surface area (Å²) < 4.78 is 31.1. The molecule has 0 aromatic carbocycles. The number of hydrogen-bond donors (Lipinski definition) is 0. The Labute approximate surface area is 95.8 Å². The molecule has 2 heterocycles. The molecule has 2 atom stereocenters. The third-order valence-electron chi connectivity index (χ3n) is 4.03. The van der Waals surface area contributed by atoms with E-state index in [-0.39, 0.29) is 5.92 Å². The van der Waals surface area contributed by atoms with Gasteiger partial charge >= 0.3 is 0 Å². The van der Waals surface area contributed by atoms with E-state index in [4.69, 9.17) is 2.74 Å². The lowest BCUT2D eigenvalue weighted by molar-refractivity contribution is 0.0653. The van der Waals surface area contributed by atoms with Crippen molar-refractivity contribution >= 4 is 0 Å². The summed E-state index contributed by atoms with van der Waals surface area (Å²) in [5.41, 5.74) is -1.09. The van der Waals surface area contributed by atoms with Gasteiger partial charge in [0.15, 0.2) is 0 Å². The van der Waals surface area contributed by atoms with E-state index in [1.807, 2.05) is 27.7 Å². The van der Waals surface area contributed by atoms with E-state index >= 15 is 0 Å². The summed E-state index contributed by atoms with van der Waals surface area (Å²) in [4.78, 5) is 2.12. The highest BCUT2D eigenvalue weighted by Gasteiger charge is 2.58. The summed E-state index contributed by atoms with van der Waals surface area (Å²) >= 11 is 0. The van der Waals surface area contributed by atoms with Crippen molar-refractivity contribution in [2.75, 3.05) is 6.54 Å². The Morgan fingerprint density at radius 2 is 2.20 bits per heavy atom. The topological polar surface area (TPSA) is 3.24 Å². The molecule has 2 saturated heterocycles. The third-order valence-corrected chi connectivity index (χ3v) is 4.03. The largest absolute Gasteiger partial charge is 0.290 e. The molecular formula is C13H24FN. The van der Waals surface area contributed by atoms with Gasteiger partial charge in [-0.15, -0.1) is 0 Å². The van der Waals surface area contributed by atoms with E-state index in [2.05, 4.69) is 4.90 Å². The van der Waals surface area contributed by atoms with Crippen LogP contribution in [0.15, 0.2) is 0 Å². The lowest BCUT2D eigenvalue weighted by atomic mass is 9.85. The SMILES string of the molecule is [2H]C([2H])(C(C)C)[C@@]12CCCN1C(C)(C)[C@H](F)C2. The first kappa shape index (κ1) is 8.98. The van der Waals surface area contributed by atoms with Gasteiger partial charge in [-0.05, 0) is 51.9 Å². The molecule has 88 valence electrons. The van der Waals surface area contributed by atoms with Gasteiger partial charge < -0.3 is 0 Å². The van der Waals surface area contributed by atoms with Crippen molar-refractivity contribution in [1.82, 2.24) is 4.90 Å². The maximum atomic E-state index is 14.3. The van der Waals surface area contributed by atoms with Crippen LogP contribution in [-0.4, -0.2) is 28.7 Å². The van der Waals surface area contributed by atoms with Crippen molar-refractivity contribution in [3.05, 3.63) is 0 Å². The average molecular weight is 215 g/mol. The minimum absolute atomic E-state index is 0.0794. The molecule has 1 nitrogen and oxygen atoms in total. The highest BCUT2D eigenvalue weighted by molar-refractivity contribution is 5.12. The maximum absolute atomic E-state index is 14.3.